The Bertz CT molecular complexity index is 813. The predicted octanol–water partition coefficient (Wildman–Crippen LogP) is 4.33. The maximum atomic E-state index is 12.2. The van der Waals surface area contributed by atoms with E-state index in [0.717, 1.165) is 28.7 Å². The minimum Gasteiger partial charge on any atom is -0.480 e. The van der Waals surface area contributed by atoms with Gasteiger partial charge < -0.3 is 15.2 Å². The van der Waals surface area contributed by atoms with E-state index in [1.807, 2.05) is 49.4 Å². The van der Waals surface area contributed by atoms with Crippen molar-refractivity contribution in [2.75, 3.05) is 6.61 Å². The van der Waals surface area contributed by atoms with Crippen molar-refractivity contribution in [1.29, 1.82) is 0 Å². The number of rotatable bonds is 7. The summed E-state index contributed by atoms with van der Waals surface area (Å²) in [6.45, 7) is 2.13. The lowest BCUT2D eigenvalue weighted by Crippen LogP contribution is -2.41. The van der Waals surface area contributed by atoms with E-state index in [2.05, 4.69) is 17.4 Å². The van der Waals surface area contributed by atoms with Crippen molar-refractivity contribution >= 4 is 12.1 Å². The fourth-order valence-electron chi connectivity index (χ4n) is 3.40. The number of fused-ring (bicyclic) bond motifs is 3. The van der Waals surface area contributed by atoms with Crippen LogP contribution in [0, 0.1) is 0 Å². The quantitative estimate of drug-likeness (QED) is 0.716. The molecule has 2 aromatic rings. The summed E-state index contributed by atoms with van der Waals surface area (Å²) in [5.41, 5.74) is 4.53. The normalized spacial score (nSPS) is 13.8. The second-order valence-corrected chi connectivity index (χ2v) is 6.48. The highest BCUT2D eigenvalue weighted by molar-refractivity contribution is 5.81. The largest absolute Gasteiger partial charge is 0.480 e. The van der Waals surface area contributed by atoms with Crippen molar-refractivity contribution in [2.45, 2.75) is 31.7 Å². The number of benzene rings is 2. The van der Waals surface area contributed by atoms with E-state index in [4.69, 9.17) is 4.74 Å². The first-order valence-electron chi connectivity index (χ1n) is 9.11. The highest BCUT2D eigenvalue weighted by Crippen LogP contribution is 2.44. The molecule has 0 saturated carbocycles. The second-order valence-electron chi connectivity index (χ2n) is 6.48. The summed E-state index contributed by atoms with van der Waals surface area (Å²) >= 11 is 0. The zero-order valence-electron chi connectivity index (χ0n) is 15.2. The maximum absolute atomic E-state index is 12.2. The first-order chi connectivity index (χ1) is 13.1. The van der Waals surface area contributed by atoms with Crippen LogP contribution in [0.2, 0.25) is 0 Å². The third-order valence-corrected chi connectivity index (χ3v) is 4.71. The molecule has 1 atom stereocenters. The number of hydrogen-bond donors (Lipinski definition) is 2. The zero-order valence-corrected chi connectivity index (χ0v) is 15.2. The van der Waals surface area contributed by atoms with Crippen molar-refractivity contribution < 1.29 is 19.4 Å². The highest BCUT2D eigenvalue weighted by Gasteiger charge is 2.29. The fraction of sp³-hybridized carbons (Fsp3) is 0.273. The summed E-state index contributed by atoms with van der Waals surface area (Å²) in [5.74, 6) is -1.13. The number of carbonyl (C=O) groups is 2. The third kappa shape index (κ3) is 4.19. The molecule has 1 aliphatic carbocycles. The molecule has 2 N–H and O–H groups in total. The molecule has 5 heteroatoms. The van der Waals surface area contributed by atoms with Crippen molar-refractivity contribution in [3.63, 3.8) is 0 Å². The number of nitrogens with one attached hydrogen (secondary N) is 1. The van der Waals surface area contributed by atoms with E-state index >= 15 is 0 Å². The molecule has 1 amide bonds. The van der Waals surface area contributed by atoms with Gasteiger partial charge in [-0.1, -0.05) is 67.6 Å². The number of carboxylic acids is 1. The van der Waals surface area contributed by atoms with E-state index in [-0.39, 0.29) is 18.9 Å². The number of ether oxygens (including phenoxy) is 1. The Morgan fingerprint density at radius 1 is 1.07 bits per heavy atom. The summed E-state index contributed by atoms with van der Waals surface area (Å²) in [5, 5.41) is 11.7. The Labute approximate surface area is 158 Å². The van der Waals surface area contributed by atoms with E-state index in [1.54, 1.807) is 6.08 Å². The molecule has 1 aliphatic rings. The summed E-state index contributed by atoms with van der Waals surface area (Å²) in [7, 11) is 0. The number of aliphatic carboxylic acids is 1. The molecule has 3 rings (SSSR count). The van der Waals surface area contributed by atoms with E-state index in [9.17, 15) is 14.7 Å². The number of carboxylic acid groups (broad SMARTS) is 1. The molecule has 2 aromatic carbocycles. The smallest absolute Gasteiger partial charge is 0.407 e. The molecule has 0 aromatic heterocycles. The van der Waals surface area contributed by atoms with Gasteiger partial charge in [0.15, 0.2) is 0 Å². The van der Waals surface area contributed by atoms with E-state index < -0.39 is 18.1 Å². The Hall–Kier alpha value is -3.08. The van der Waals surface area contributed by atoms with Gasteiger partial charge in [0, 0.05) is 5.92 Å². The molecule has 0 aliphatic heterocycles. The molecule has 0 saturated heterocycles. The van der Waals surface area contributed by atoms with Crippen LogP contribution in [0.15, 0.2) is 60.7 Å². The molecule has 0 unspecified atom stereocenters. The van der Waals surface area contributed by atoms with Gasteiger partial charge in [-0.25, -0.2) is 9.59 Å². The third-order valence-electron chi connectivity index (χ3n) is 4.71. The Kier molecular flexibility index (Phi) is 5.91. The van der Waals surface area contributed by atoms with Crippen LogP contribution in [0.25, 0.3) is 11.1 Å². The number of hydrogen-bond acceptors (Lipinski definition) is 3. The average Bonchev–Trinajstić information content (AvgIpc) is 2.99. The lowest BCUT2D eigenvalue weighted by atomic mass is 9.98. The van der Waals surface area contributed by atoms with Gasteiger partial charge in [-0.15, -0.1) is 0 Å². The Morgan fingerprint density at radius 3 is 2.22 bits per heavy atom. The number of carbonyl (C=O) groups excluding carboxylic acids is 1. The Morgan fingerprint density at radius 2 is 1.67 bits per heavy atom. The van der Waals surface area contributed by atoms with Crippen LogP contribution < -0.4 is 5.32 Å². The SMILES string of the molecule is CC/C=C/C[C@H](NC(=O)OCC1c2ccccc2-c2ccccc21)C(=O)O. The molecular weight excluding hydrogens is 342 g/mol. The van der Waals surface area contributed by atoms with Crippen LogP contribution >= 0.6 is 0 Å². The molecule has 0 radical (unpaired) electrons. The standard InChI is InChI=1S/C22H23NO4/c1-2-3-4-13-20(21(24)25)23-22(26)27-14-19-17-11-7-5-9-15(17)16-10-6-8-12-18(16)19/h3-12,19-20H,2,13-14H2,1H3,(H,23,26)(H,24,25)/b4-3+/t20-/m0/s1. The molecule has 5 nitrogen and oxygen atoms in total. The summed E-state index contributed by atoms with van der Waals surface area (Å²) in [6.07, 6.45) is 3.96. The molecule has 0 heterocycles. The minimum absolute atomic E-state index is 0.0496. The number of amides is 1. The van der Waals surface area contributed by atoms with Crippen molar-refractivity contribution in [1.82, 2.24) is 5.32 Å². The minimum atomic E-state index is -1.08. The van der Waals surface area contributed by atoms with Gasteiger partial charge in [-0.2, -0.15) is 0 Å². The fourth-order valence-corrected chi connectivity index (χ4v) is 3.40. The molecule has 0 fully saturated rings. The predicted molar refractivity (Wildman–Crippen MR) is 104 cm³/mol. The lowest BCUT2D eigenvalue weighted by molar-refractivity contribution is -0.139. The molecular formula is C22H23NO4. The number of allylic oxidation sites excluding steroid dienone is 1. The summed E-state index contributed by atoms with van der Waals surface area (Å²) in [4.78, 5) is 23.5. The Balaban J connectivity index is 1.67. The van der Waals surface area contributed by atoms with Crippen molar-refractivity contribution in [3.8, 4) is 11.1 Å². The van der Waals surface area contributed by atoms with Crippen LogP contribution in [0.3, 0.4) is 0 Å². The van der Waals surface area contributed by atoms with Crippen LogP contribution in [0.1, 0.15) is 36.8 Å². The van der Waals surface area contributed by atoms with Gasteiger partial charge >= 0.3 is 12.1 Å². The van der Waals surface area contributed by atoms with Gasteiger partial charge in [0.05, 0.1) is 0 Å². The first kappa shape index (κ1) is 18.7. The maximum Gasteiger partial charge on any atom is 0.407 e. The lowest BCUT2D eigenvalue weighted by Gasteiger charge is -2.16. The topological polar surface area (TPSA) is 75.6 Å². The number of alkyl carbamates (subject to hydrolysis) is 1. The average molecular weight is 365 g/mol. The second kappa shape index (κ2) is 8.54. The zero-order chi connectivity index (χ0) is 19.2. The van der Waals surface area contributed by atoms with Crippen LogP contribution in [0.5, 0.6) is 0 Å². The van der Waals surface area contributed by atoms with Crippen molar-refractivity contribution in [2.24, 2.45) is 0 Å². The molecule has 27 heavy (non-hydrogen) atoms. The van der Waals surface area contributed by atoms with E-state index in [1.165, 1.54) is 0 Å². The van der Waals surface area contributed by atoms with Gasteiger partial charge in [0.1, 0.15) is 12.6 Å². The van der Waals surface area contributed by atoms with Gasteiger partial charge in [-0.3, -0.25) is 0 Å². The molecule has 0 bridgehead atoms. The monoisotopic (exact) mass is 365 g/mol. The van der Waals surface area contributed by atoms with Gasteiger partial charge in [0.2, 0.25) is 0 Å². The van der Waals surface area contributed by atoms with Crippen molar-refractivity contribution in [3.05, 3.63) is 71.8 Å². The van der Waals surface area contributed by atoms with Crippen LogP contribution in [-0.4, -0.2) is 29.8 Å². The first-order valence-corrected chi connectivity index (χ1v) is 9.11. The van der Waals surface area contributed by atoms with Gasteiger partial charge in [0.25, 0.3) is 0 Å². The summed E-state index contributed by atoms with van der Waals surface area (Å²) in [6, 6.07) is 15.1. The van der Waals surface area contributed by atoms with E-state index in [0.29, 0.717) is 0 Å². The van der Waals surface area contributed by atoms with Crippen LogP contribution in [0.4, 0.5) is 4.79 Å². The molecule has 140 valence electrons. The summed E-state index contributed by atoms with van der Waals surface area (Å²) < 4.78 is 5.39. The van der Waals surface area contributed by atoms with Gasteiger partial charge in [-0.05, 0) is 35.1 Å². The molecule has 0 spiro atoms. The van der Waals surface area contributed by atoms with Crippen LogP contribution in [-0.2, 0) is 9.53 Å². The highest BCUT2D eigenvalue weighted by atomic mass is 16.5.